The van der Waals surface area contributed by atoms with Gasteiger partial charge < -0.3 is 82.3 Å². The summed E-state index contributed by atoms with van der Waals surface area (Å²) < 4.78 is 76.3. The van der Waals surface area contributed by atoms with Gasteiger partial charge in [0.25, 0.3) is 17.7 Å². The van der Waals surface area contributed by atoms with Crippen LogP contribution in [0.5, 0.6) is 5.75 Å². The van der Waals surface area contributed by atoms with Crippen LogP contribution < -0.4 is 26.0 Å². The van der Waals surface area contributed by atoms with Crippen LogP contribution in [0, 0.1) is 5.41 Å². The van der Waals surface area contributed by atoms with Crippen molar-refractivity contribution < 1.29 is 143 Å². The lowest BCUT2D eigenvalue weighted by Gasteiger charge is -2.38. The van der Waals surface area contributed by atoms with E-state index in [9.17, 15) is 62.3 Å². The second-order valence-corrected chi connectivity index (χ2v) is 21.0. The first kappa shape index (κ1) is 82.8. The number of esters is 13. The van der Waals surface area contributed by atoms with E-state index in [1.807, 2.05) is 0 Å². The summed E-state index contributed by atoms with van der Waals surface area (Å²) in [5.41, 5.74) is -1.54. The van der Waals surface area contributed by atoms with Gasteiger partial charge in [0.05, 0.1) is 0 Å². The fourth-order valence-electron chi connectivity index (χ4n) is 8.93. The predicted molar refractivity (Wildman–Crippen MR) is 315 cm³/mol. The number of alkyl halides is 1. The minimum atomic E-state index is -2.48. The monoisotopic (exact) mass is 1360 g/mol. The molecule has 1 aromatic carbocycles. The first-order valence-corrected chi connectivity index (χ1v) is 29.4. The van der Waals surface area contributed by atoms with Gasteiger partial charge in [0, 0.05) is 127 Å². The molecule has 4 N–H and O–H groups in total. The van der Waals surface area contributed by atoms with Crippen LogP contribution in [0.2, 0.25) is 0 Å². The number of halogens is 1. The molecule has 0 saturated heterocycles. The van der Waals surface area contributed by atoms with E-state index in [0.717, 1.165) is 90.0 Å². The molecule has 12 unspecified atom stereocenters. The first-order valence-electron chi connectivity index (χ1n) is 28.9. The zero-order chi connectivity index (χ0) is 71.7. The van der Waals surface area contributed by atoms with E-state index in [2.05, 4.69) is 21.3 Å². The van der Waals surface area contributed by atoms with Gasteiger partial charge in [-0.05, 0) is 30.5 Å². The standard InChI is InChI=1S/C59H83ClN4O30/c1-16-44(83-30(4)66)47(86-33(7)69)50(89-36(10)72)53(92-39(13)75)56(78)62-25-59(24-61-28-82-43-20-18-19-42(21-43)22-60,26-63-57(79)54(93-40(14)76)51(90-37(11)73)48(87-34(8)70)45(17-2)84-31(5)67)27-64-58(80)55(94-41(15)77)52(91-38(12)74)49(88-35(9)71)46(85-32(6)68)23-81-29(3)65/h18-21,44-55,61H,16-17,22-28H2,1-15H3,(H,62,78)(H,63,79)(H,64,80). The molecule has 0 spiro atoms. The summed E-state index contributed by atoms with van der Waals surface area (Å²) >= 11 is 6.07. The summed E-state index contributed by atoms with van der Waals surface area (Å²) in [4.78, 5) is 211. The Kier molecular flexibility index (Phi) is 36.5. The maximum atomic E-state index is 15.1. The fraction of sp³-hybridized carbons (Fsp3) is 0.627. The average molecular weight is 1360 g/mol. The Morgan fingerprint density at radius 3 is 0.968 bits per heavy atom. The second-order valence-electron chi connectivity index (χ2n) is 20.7. The van der Waals surface area contributed by atoms with Crippen LogP contribution >= 0.6 is 11.6 Å². The lowest BCUT2D eigenvalue weighted by atomic mass is 9.86. The van der Waals surface area contributed by atoms with Crippen molar-refractivity contribution in [2.75, 3.05) is 39.5 Å². The number of carbonyl (C=O) groups is 16. The van der Waals surface area contributed by atoms with Crippen LogP contribution in [0.15, 0.2) is 24.3 Å². The molecule has 0 radical (unpaired) electrons. The van der Waals surface area contributed by atoms with E-state index in [-0.39, 0.29) is 24.5 Å². The molecule has 1 aromatic rings. The van der Waals surface area contributed by atoms with Gasteiger partial charge in [-0.2, -0.15) is 0 Å². The molecule has 35 heteroatoms. The van der Waals surface area contributed by atoms with Crippen molar-refractivity contribution in [3.05, 3.63) is 29.8 Å². The summed E-state index contributed by atoms with van der Waals surface area (Å²) in [6, 6.07) is 6.37. The topological polar surface area (TPSA) is 450 Å². The Balaban J connectivity index is 4.76. The zero-order valence-electron chi connectivity index (χ0n) is 54.7. The number of hydrogen-bond acceptors (Lipinski definition) is 31. The number of amides is 3. The highest BCUT2D eigenvalue weighted by Gasteiger charge is 2.51. The second kappa shape index (κ2) is 41.4. The number of hydrogen-bond donors (Lipinski definition) is 4. The van der Waals surface area contributed by atoms with Gasteiger partial charge in [0.2, 0.25) is 18.3 Å². The first-order chi connectivity index (χ1) is 43.9. The zero-order valence-corrected chi connectivity index (χ0v) is 55.5. The van der Waals surface area contributed by atoms with Gasteiger partial charge in [0.1, 0.15) is 31.3 Å². The van der Waals surface area contributed by atoms with Crippen molar-refractivity contribution in [3.63, 3.8) is 0 Å². The summed E-state index contributed by atoms with van der Waals surface area (Å²) in [5.74, 6) is -18.6. The van der Waals surface area contributed by atoms with Crippen molar-refractivity contribution in [2.45, 2.75) is 196 Å². The van der Waals surface area contributed by atoms with Gasteiger partial charge in [-0.3, -0.25) is 82.0 Å². The van der Waals surface area contributed by atoms with Crippen molar-refractivity contribution in [1.82, 2.24) is 21.3 Å². The van der Waals surface area contributed by atoms with Gasteiger partial charge in [0.15, 0.2) is 42.7 Å². The third-order valence-corrected chi connectivity index (χ3v) is 12.8. The molecule has 0 aliphatic heterocycles. The Labute approximate surface area is 545 Å². The maximum absolute atomic E-state index is 15.1. The normalized spacial score (nSPS) is 15.3. The highest BCUT2D eigenvalue weighted by Crippen LogP contribution is 2.27. The molecule has 0 aliphatic rings. The third kappa shape index (κ3) is 30.9. The summed E-state index contributed by atoms with van der Waals surface area (Å²) in [7, 11) is 0. The molecule has 0 fully saturated rings. The van der Waals surface area contributed by atoms with Crippen molar-refractivity contribution >= 4 is 107 Å². The number of nitrogens with one attached hydrogen (secondary N) is 4. The lowest BCUT2D eigenvalue weighted by Crippen LogP contribution is -2.62. The van der Waals surface area contributed by atoms with Crippen LogP contribution in [0.4, 0.5) is 0 Å². The number of benzene rings is 1. The Bertz CT molecular complexity index is 2750. The lowest BCUT2D eigenvalue weighted by molar-refractivity contribution is -0.203. The van der Waals surface area contributed by atoms with E-state index in [0.29, 0.717) is 5.56 Å². The van der Waals surface area contributed by atoms with E-state index in [1.54, 1.807) is 18.2 Å². The minimum Gasteiger partial charge on any atom is -0.478 e. The summed E-state index contributed by atoms with van der Waals surface area (Å²) in [5, 5.41) is 10.4. The molecular weight excluding hydrogens is 1280 g/mol. The molecular formula is C59H83ClN4O30. The molecule has 1 rings (SSSR count). The number of rotatable bonds is 40. The smallest absolute Gasteiger partial charge is 0.303 e. The van der Waals surface area contributed by atoms with Crippen LogP contribution in [0.3, 0.4) is 0 Å². The van der Waals surface area contributed by atoms with Gasteiger partial charge >= 0.3 is 77.6 Å². The maximum Gasteiger partial charge on any atom is 0.303 e. The highest BCUT2D eigenvalue weighted by molar-refractivity contribution is 6.17. The third-order valence-electron chi connectivity index (χ3n) is 12.4. The molecule has 526 valence electrons. The Morgan fingerprint density at radius 1 is 0.383 bits per heavy atom. The summed E-state index contributed by atoms with van der Waals surface area (Å²) in [6.07, 6.45) is -25.1. The van der Waals surface area contributed by atoms with Gasteiger partial charge in [-0.25, -0.2) is 0 Å². The largest absolute Gasteiger partial charge is 0.478 e. The molecule has 34 nitrogen and oxygen atoms in total. The minimum absolute atomic E-state index is 0.0476. The molecule has 0 saturated carbocycles. The number of carbonyl (C=O) groups excluding carboxylic acids is 16. The molecule has 0 aliphatic carbocycles. The summed E-state index contributed by atoms with van der Waals surface area (Å²) in [6.45, 7) is 9.47. The Hall–Kier alpha value is -9.21. The Morgan fingerprint density at radius 2 is 0.681 bits per heavy atom. The van der Waals surface area contributed by atoms with Crippen LogP contribution in [0.1, 0.15) is 122 Å². The van der Waals surface area contributed by atoms with Crippen molar-refractivity contribution in [2.24, 2.45) is 5.41 Å². The molecule has 3 amide bonds. The molecule has 94 heavy (non-hydrogen) atoms. The van der Waals surface area contributed by atoms with E-state index >= 15 is 14.4 Å². The molecule has 0 bridgehead atoms. The SMILES string of the molecule is CCC(OC(C)=O)C(OC(C)=O)C(OC(C)=O)C(OC(C)=O)C(=O)NCC(CNCOc1cccc(CCl)c1)(CNC(=O)C(OC(C)=O)C(OC(C)=O)C(OC(C)=O)C(CC)OC(C)=O)CNC(=O)C(OC(C)=O)C(OC(C)=O)C(OC(C)=O)C(COC(C)=O)OC(C)=O. The molecule has 12 atom stereocenters. The quantitative estimate of drug-likeness (QED) is 0.0225. The van der Waals surface area contributed by atoms with Crippen molar-refractivity contribution in [1.29, 1.82) is 0 Å². The number of ether oxygens (including phenoxy) is 14. The predicted octanol–water partition coefficient (Wildman–Crippen LogP) is 0.250. The van der Waals surface area contributed by atoms with Crippen LogP contribution in [-0.4, -0.2) is 208 Å². The fourth-order valence-corrected chi connectivity index (χ4v) is 9.10. The van der Waals surface area contributed by atoms with E-state index < -0.39 is 214 Å². The van der Waals surface area contributed by atoms with Gasteiger partial charge in [-0.15, -0.1) is 11.6 Å². The van der Waals surface area contributed by atoms with Crippen LogP contribution in [0.25, 0.3) is 0 Å². The average Bonchev–Trinajstić information content (AvgIpc) is 0.830. The van der Waals surface area contributed by atoms with E-state index in [1.165, 1.54) is 19.9 Å². The molecule has 0 aromatic heterocycles. The van der Waals surface area contributed by atoms with E-state index in [4.69, 9.17) is 77.9 Å². The van der Waals surface area contributed by atoms with Crippen LogP contribution in [-0.2, 0) is 144 Å². The molecule has 0 heterocycles. The van der Waals surface area contributed by atoms with Gasteiger partial charge in [-0.1, -0.05) is 26.0 Å². The highest BCUT2D eigenvalue weighted by atomic mass is 35.5. The van der Waals surface area contributed by atoms with Crippen molar-refractivity contribution in [3.8, 4) is 5.75 Å².